The van der Waals surface area contributed by atoms with Gasteiger partial charge in [-0.15, -0.1) is 0 Å². The number of alkyl halides is 2. The van der Waals surface area contributed by atoms with Crippen molar-refractivity contribution in [3.05, 3.63) is 51.0 Å². The number of carbonyl (C=O) groups excluding carboxylic acids is 1. The molecule has 2 N–H and O–H groups in total. The van der Waals surface area contributed by atoms with Crippen LogP contribution in [0.25, 0.3) is 0 Å². The second-order valence-electron chi connectivity index (χ2n) is 4.23. The molecule has 2 rings (SSSR count). The summed E-state index contributed by atoms with van der Waals surface area (Å²) in [6, 6.07) is 6.37. The summed E-state index contributed by atoms with van der Waals surface area (Å²) < 4.78 is 28.3. The summed E-state index contributed by atoms with van der Waals surface area (Å²) in [5.74, 6) is -1.35. The first-order chi connectivity index (χ1) is 10.8. The van der Waals surface area contributed by atoms with E-state index >= 15 is 0 Å². The van der Waals surface area contributed by atoms with Gasteiger partial charge in [-0.25, -0.2) is 0 Å². The van der Waals surface area contributed by atoms with E-state index in [9.17, 15) is 18.7 Å². The van der Waals surface area contributed by atoms with Crippen molar-refractivity contribution in [1.82, 2.24) is 0 Å². The summed E-state index contributed by atoms with van der Waals surface area (Å²) in [4.78, 5) is 12.2. The number of hydrogen-bond acceptors (Lipinski definition) is 3. The molecule has 23 heavy (non-hydrogen) atoms. The molecule has 0 aliphatic rings. The van der Waals surface area contributed by atoms with E-state index in [0.717, 1.165) is 0 Å². The van der Waals surface area contributed by atoms with Crippen LogP contribution in [0.4, 0.5) is 14.5 Å². The van der Waals surface area contributed by atoms with Gasteiger partial charge in [0.2, 0.25) is 0 Å². The lowest BCUT2D eigenvalue weighted by Gasteiger charge is -2.11. The highest BCUT2D eigenvalue weighted by Gasteiger charge is 2.21. The molecule has 0 aliphatic carbocycles. The first-order valence-corrected chi connectivity index (χ1v) is 7.15. The van der Waals surface area contributed by atoms with E-state index in [-0.39, 0.29) is 32.1 Å². The zero-order chi connectivity index (χ0) is 17.1. The Morgan fingerprint density at radius 3 is 2.30 bits per heavy atom. The number of amides is 1. The minimum atomic E-state index is -2.94. The molecule has 0 spiro atoms. The number of carbonyl (C=O) groups is 1. The van der Waals surface area contributed by atoms with Gasteiger partial charge < -0.3 is 15.2 Å². The van der Waals surface area contributed by atoms with Crippen LogP contribution in [0, 0.1) is 0 Å². The molecule has 0 saturated heterocycles. The lowest BCUT2D eigenvalue weighted by Crippen LogP contribution is -2.13. The number of aromatic hydroxyl groups is 1. The molecule has 0 fully saturated rings. The summed E-state index contributed by atoms with van der Waals surface area (Å²) >= 11 is 17.5. The third kappa shape index (κ3) is 4.16. The van der Waals surface area contributed by atoms with Gasteiger partial charge in [-0.2, -0.15) is 8.78 Å². The average Bonchev–Trinajstić information content (AvgIpc) is 2.47. The van der Waals surface area contributed by atoms with Crippen LogP contribution in [0.1, 0.15) is 10.4 Å². The van der Waals surface area contributed by atoms with Gasteiger partial charge in [-0.3, -0.25) is 4.79 Å². The summed E-state index contributed by atoms with van der Waals surface area (Å²) in [5.41, 5.74) is -0.0275. The Hall–Kier alpha value is -1.76. The predicted octanol–water partition coefficient (Wildman–Crippen LogP) is 5.21. The van der Waals surface area contributed by atoms with Gasteiger partial charge in [0.25, 0.3) is 5.91 Å². The van der Waals surface area contributed by atoms with Gasteiger partial charge in [0.15, 0.2) is 0 Å². The maximum atomic E-state index is 12.2. The molecule has 9 heteroatoms. The number of halogens is 5. The van der Waals surface area contributed by atoms with Crippen molar-refractivity contribution in [1.29, 1.82) is 0 Å². The van der Waals surface area contributed by atoms with E-state index < -0.39 is 18.3 Å². The molecule has 0 aliphatic heterocycles. The molecule has 0 heterocycles. The Balaban J connectivity index is 2.23. The van der Waals surface area contributed by atoms with Gasteiger partial charge in [0.05, 0.1) is 15.1 Å². The number of anilines is 1. The Morgan fingerprint density at radius 2 is 1.74 bits per heavy atom. The van der Waals surface area contributed by atoms with Crippen molar-refractivity contribution in [3.63, 3.8) is 0 Å². The summed E-state index contributed by atoms with van der Waals surface area (Å²) in [6.45, 7) is -2.94. The van der Waals surface area contributed by atoms with Crippen molar-refractivity contribution in [2.45, 2.75) is 6.61 Å². The first kappa shape index (κ1) is 17.6. The SMILES string of the molecule is O=C(Nc1ccc(OC(F)F)cc1)c1c(O)c(Cl)cc(Cl)c1Cl. The van der Waals surface area contributed by atoms with Gasteiger partial charge >= 0.3 is 6.61 Å². The van der Waals surface area contributed by atoms with Crippen molar-refractivity contribution in [2.75, 3.05) is 5.32 Å². The quantitative estimate of drug-likeness (QED) is 0.714. The minimum Gasteiger partial charge on any atom is -0.505 e. The van der Waals surface area contributed by atoms with Crippen molar-refractivity contribution >= 4 is 46.4 Å². The second-order valence-corrected chi connectivity index (χ2v) is 5.43. The number of nitrogens with one attached hydrogen (secondary N) is 1. The topological polar surface area (TPSA) is 58.6 Å². The second kappa shape index (κ2) is 7.21. The molecule has 4 nitrogen and oxygen atoms in total. The first-order valence-electron chi connectivity index (χ1n) is 6.02. The highest BCUT2D eigenvalue weighted by atomic mass is 35.5. The van der Waals surface area contributed by atoms with Crippen LogP contribution in [0.5, 0.6) is 11.5 Å². The molecule has 1 amide bonds. The van der Waals surface area contributed by atoms with E-state index in [4.69, 9.17) is 34.8 Å². The highest BCUT2D eigenvalue weighted by Crippen LogP contribution is 2.38. The standard InChI is InChI=1S/C14H8Cl3F2NO3/c15-8-5-9(16)12(21)10(11(8)17)13(22)20-6-1-3-7(4-2-6)23-14(18)19/h1-5,14,21H,(H,20,22). The molecule has 122 valence electrons. The summed E-state index contributed by atoms with van der Waals surface area (Å²) in [7, 11) is 0. The Kier molecular flexibility index (Phi) is 5.51. The number of rotatable bonds is 4. The maximum absolute atomic E-state index is 12.2. The van der Waals surface area contributed by atoms with Crippen LogP contribution in [-0.2, 0) is 0 Å². The molecule has 0 aromatic heterocycles. The van der Waals surface area contributed by atoms with Crippen LogP contribution in [-0.4, -0.2) is 17.6 Å². The van der Waals surface area contributed by atoms with E-state index in [2.05, 4.69) is 10.1 Å². The lowest BCUT2D eigenvalue weighted by atomic mass is 10.1. The van der Waals surface area contributed by atoms with E-state index in [1.54, 1.807) is 0 Å². The minimum absolute atomic E-state index is 0.000276. The van der Waals surface area contributed by atoms with Crippen molar-refractivity contribution in [3.8, 4) is 11.5 Å². The van der Waals surface area contributed by atoms with Crippen LogP contribution in [0.2, 0.25) is 15.1 Å². The molecule has 2 aromatic rings. The monoisotopic (exact) mass is 381 g/mol. The van der Waals surface area contributed by atoms with Crippen LogP contribution < -0.4 is 10.1 Å². The number of benzene rings is 2. The van der Waals surface area contributed by atoms with Gasteiger partial charge in [-0.05, 0) is 30.3 Å². The largest absolute Gasteiger partial charge is 0.505 e. The molecule has 2 aromatic carbocycles. The third-order valence-corrected chi connectivity index (χ3v) is 3.79. The van der Waals surface area contributed by atoms with Crippen molar-refractivity contribution < 1.29 is 23.4 Å². The Labute approximate surface area is 144 Å². The van der Waals surface area contributed by atoms with Gasteiger partial charge in [0, 0.05) is 5.69 Å². The van der Waals surface area contributed by atoms with Crippen molar-refractivity contribution in [2.24, 2.45) is 0 Å². The maximum Gasteiger partial charge on any atom is 0.387 e. The molecular weight excluding hydrogens is 375 g/mol. The molecule has 0 unspecified atom stereocenters. The Morgan fingerprint density at radius 1 is 1.13 bits per heavy atom. The molecular formula is C14H8Cl3F2NO3. The molecule has 0 radical (unpaired) electrons. The zero-order valence-electron chi connectivity index (χ0n) is 11.1. The zero-order valence-corrected chi connectivity index (χ0v) is 13.4. The highest BCUT2D eigenvalue weighted by molar-refractivity contribution is 6.46. The normalized spacial score (nSPS) is 10.7. The van der Waals surface area contributed by atoms with Gasteiger partial charge in [0.1, 0.15) is 17.1 Å². The van der Waals surface area contributed by atoms with E-state index in [0.29, 0.717) is 0 Å². The van der Waals surface area contributed by atoms with E-state index in [1.807, 2.05) is 0 Å². The van der Waals surface area contributed by atoms with Crippen LogP contribution in [0.15, 0.2) is 30.3 Å². The van der Waals surface area contributed by atoms with E-state index in [1.165, 1.54) is 30.3 Å². The van der Waals surface area contributed by atoms with Gasteiger partial charge in [-0.1, -0.05) is 34.8 Å². The van der Waals surface area contributed by atoms with Crippen LogP contribution >= 0.6 is 34.8 Å². The summed E-state index contributed by atoms with van der Waals surface area (Å²) in [6.07, 6.45) is 0. The lowest BCUT2D eigenvalue weighted by molar-refractivity contribution is -0.0498. The molecule has 0 atom stereocenters. The predicted molar refractivity (Wildman–Crippen MR) is 84.2 cm³/mol. The van der Waals surface area contributed by atoms with Crippen LogP contribution in [0.3, 0.4) is 0 Å². The third-order valence-electron chi connectivity index (χ3n) is 2.71. The number of ether oxygens (including phenoxy) is 1. The Bertz CT molecular complexity index is 713. The fourth-order valence-corrected chi connectivity index (χ4v) is 2.40. The smallest absolute Gasteiger partial charge is 0.387 e. The number of phenols is 1. The molecule has 0 saturated carbocycles. The number of hydrogen-bond donors (Lipinski definition) is 2. The molecule has 0 bridgehead atoms. The summed E-state index contributed by atoms with van der Waals surface area (Å²) in [5, 5.41) is 12.0. The number of phenolic OH excluding ortho intramolecular Hbond substituents is 1. The average molecular weight is 383 g/mol. The fraction of sp³-hybridized carbons (Fsp3) is 0.0714. The fourth-order valence-electron chi connectivity index (χ4n) is 1.71.